The van der Waals surface area contributed by atoms with E-state index in [9.17, 15) is 8.42 Å². The third-order valence-corrected chi connectivity index (χ3v) is 3.83. The minimum Gasteiger partial charge on any atom is -0.384 e. The predicted octanol–water partition coefficient (Wildman–Crippen LogP) is 1.38. The first-order valence-corrected chi connectivity index (χ1v) is 7.03. The maximum atomic E-state index is 12.0. The second-order valence-corrected chi connectivity index (χ2v) is 6.28. The number of pyridine rings is 1. The van der Waals surface area contributed by atoms with Gasteiger partial charge in [-0.2, -0.15) is 0 Å². The summed E-state index contributed by atoms with van der Waals surface area (Å²) in [6.45, 7) is 5.95. The Kier molecular flexibility index (Phi) is 4.47. The zero-order valence-corrected chi connectivity index (χ0v) is 11.2. The average molecular weight is 257 g/mol. The normalized spacial score (nSPS) is 13.9. The van der Waals surface area contributed by atoms with Crippen LogP contribution in [0.2, 0.25) is 0 Å². The van der Waals surface area contributed by atoms with Crippen molar-refractivity contribution in [3.8, 4) is 0 Å². The van der Waals surface area contributed by atoms with E-state index >= 15 is 0 Å². The van der Waals surface area contributed by atoms with Crippen molar-refractivity contribution in [2.45, 2.75) is 38.1 Å². The molecule has 0 saturated heterocycles. The van der Waals surface area contributed by atoms with E-state index in [1.807, 2.05) is 6.92 Å². The molecule has 96 valence electrons. The largest absolute Gasteiger partial charge is 0.384 e. The molecular weight excluding hydrogens is 238 g/mol. The van der Waals surface area contributed by atoms with Gasteiger partial charge in [-0.05, 0) is 25.3 Å². The van der Waals surface area contributed by atoms with E-state index in [2.05, 4.69) is 23.6 Å². The minimum absolute atomic E-state index is 0.102. The average Bonchev–Trinajstić information content (AvgIpc) is 2.15. The summed E-state index contributed by atoms with van der Waals surface area (Å²) in [4.78, 5) is 3.92. The summed E-state index contributed by atoms with van der Waals surface area (Å²) in [7, 11) is -3.50. The summed E-state index contributed by atoms with van der Waals surface area (Å²) < 4.78 is 26.6. The lowest BCUT2D eigenvalue weighted by Gasteiger charge is -2.16. The Labute approximate surface area is 102 Å². The van der Waals surface area contributed by atoms with Crippen molar-refractivity contribution >= 4 is 15.8 Å². The van der Waals surface area contributed by atoms with Gasteiger partial charge in [0.05, 0.1) is 4.90 Å². The Morgan fingerprint density at radius 2 is 2.06 bits per heavy atom. The lowest BCUT2D eigenvalue weighted by Crippen LogP contribution is -2.33. The molecule has 5 nitrogen and oxygen atoms in total. The lowest BCUT2D eigenvalue weighted by molar-refractivity contribution is 0.482. The van der Waals surface area contributed by atoms with Crippen molar-refractivity contribution in [2.75, 3.05) is 5.73 Å². The summed E-state index contributed by atoms with van der Waals surface area (Å²) in [5.41, 5.74) is 5.46. The van der Waals surface area contributed by atoms with Gasteiger partial charge in [0, 0.05) is 18.3 Å². The van der Waals surface area contributed by atoms with Crippen LogP contribution in [0.25, 0.3) is 0 Å². The molecule has 0 fully saturated rings. The summed E-state index contributed by atoms with van der Waals surface area (Å²) >= 11 is 0. The van der Waals surface area contributed by atoms with Crippen LogP contribution in [0.4, 0.5) is 5.82 Å². The fourth-order valence-electron chi connectivity index (χ4n) is 1.68. The standard InChI is InChI=1S/C11H19N3O2S/c1-8(2)6-9(3)14-17(15,16)10-4-5-13-11(12)7-10/h4-5,7-9,14H,6H2,1-3H3,(H2,12,13). The van der Waals surface area contributed by atoms with Crippen LogP contribution in [0.3, 0.4) is 0 Å². The van der Waals surface area contributed by atoms with Gasteiger partial charge in [-0.25, -0.2) is 18.1 Å². The minimum atomic E-state index is -3.50. The molecule has 0 aliphatic carbocycles. The first-order valence-electron chi connectivity index (χ1n) is 5.55. The fraction of sp³-hybridized carbons (Fsp3) is 0.545. The molecule has 1 rings (SSSR count). The highest BCUT2D eigenvalue weighted by Crippen LogP contribution is 2.12. The SMILES string of the molecule is CC(C)CC(C)NS(=O)(=O)c1ccnc(N)c1. The molecule has 1 aromatic rings. The van der Waals surface area contributed by atoms with Crippen molar-refractivity contribution in [1.82, 2.24) is 9.71 Å². The number of nitrogens with zero attached hydrogens (tertiary/aromatic N) is 1. The van der Waals surface area contributed by atoms with Gasteiger partial charge in [-0.15, -0.1) is 0 Å². The zero-order valence-electron chi connectivity index (χ0n) is 10.3. The van der Waals surface area contributed by atoms with Crippen LogP contribution in [0.5, 0.6) is 0 Å². The lowest BCUT2D eigenvalue weighted by atomic mass is 10.1. The van der Waals surface area contributed by atoms with Gasteiger partial charge in [0.15, 0.2) is 0 Å². The van der Waals surface area contributed by atoms with Gasteiger partial charge < -0.3 is 5.73 Å². The number of hydrogen-bond donors (Lipinski definition) is 2. The Balaban J connectivity index is 2.82. The molecule has 1 unspecified atom stereocenters. The van der Waals surface area contributed by atoms with E-state index in [0.29, 0.717) is 5.92 Å². The third kappa shape index (κ3) is 4.32. The van der Waals surface area contributed by atoms with E-state index in [1.165, 1.54) is 18.3 Å². The molecule has 0 aliphatic heterocycles. The molecule has 6 heteroatoms. The van der Waals surface area contributed by atoms with Gasteiger partial charge in [-0.3, -0.25) is 0 Å². The van der Waals surface area contributed by atoms with Crippen molar-refractivity contribution in [2.24, 2.45) is 5.92 Å². The highest BCUT2D eigenvalue weighted by Gasteiger charge is 2.18. The Hall–Kier alpha value is -1.14. The number of sulfonamides is 1. The van der Waals surface area contributed by atoms with Crippen LogP contribution in [0, 0.1) is 5.92 Å². The molecule has 0 radical (unpaired) electrons. The molecule has 0 aromatic carbocycles. The maximum absolute atomic E-state index is 12.0. The topological polar surface area (TPSA) is 85.1 Å². The number of nitrogens with two attached hydrogens (primary N) is 1. The number of nitrogen functional groups attached to an aromatic ring is 1. The van der Waals surface area contributed by atoms with E-state index < -0.39 is 10.0 Å². The monoisotopic (exact) mass is 257 g/mol. The van der Waals surface area contributed by atoms with E-state index in [0.717, 1.165) is 6.42 Å². The second kappa shape index (κ2) is 5.46. The molecule has 0 amide bonds. The van der Waals surface area contributed by atoms with Crippen molar-refractivity contribution in [3.63, 3.8) is 0 Å². The number of nitrogens with one attached hydrogen (secondary N) is 1. The van der Waals surface area contributed by atoms with E-state index in [-0.39, 0.29) is 16.8 Å². The van der Waals surface area contributed by atoms with Crippen LogP contribution in [0.15, 0.2) is 23.2 Å². The number of anilines is 1. The van der Waals surface area contributed by atoms with Crippen LogP contribution < -0.4 is 10.5 Å². The molecule has 1 atom stereocenters. The summed E-state index contributed by atoms with van der Waals surface area (Å²) in [6, 6.07) is 2.68. The fourth-order valence-corrected chi connectivity index (χ4v) is 2.96. The summed E-state index contributed by atoms with van der Waals surface area (Å²) in [5.74, 6) is 0.639. The molecule has 0 spiro atoms. The first kappa shape index (κ1) is 13.9. The second-order valence-electron chi connectivity index (χ2n) is 4.57. The van der Waals surface area contributed by atoms with Gasteiger partial charge in [0.1, 0.15) is 5.82 Å². The molecule has 1 heterocycles. The predicted molar refractivity (Wildman–Crippen MR) is 67.9 cm³/mol. The number of hydrogen-bond acceptors (Lipinski definition) is 4. The van der Waals surface area contributed by atoms with E-state index in [1.54, 1.807) is 0 Å². The van der Waals surface area contributed by atoms with Crippen LogP contribution >= 0.6 is 0 Å². The van der Waals surface area contributed by atoms with Gasteiger partial charge >= 0.3 is 0 Å². The van der Waals surface area contributed by atoms with Crippen molar-refractivity contribution in [3.05, 3.63) is 18.3 Å². The van der Waals surface area contributed by atoms with Gasteiger partial charge in [0.2, 0.25) is 10.0 Å². The number of aromatic nitrogens is 1. The van der Waals surface area contributed by atoms with Crippen LogP contribution in [-0.2, 0) is 10.0 Å². The van der Waals surface area contributed by atoms with E-state index in [4.69, 9.17) is 5.73 Å². The molecule has 0 bridgehead atoms. The van der Waals surface area contributed by atoms with Gasteiger partial charge in [0.25, 0.3) is 0 Å². The summed E-state index contributed by atoms with van der Waals surface area (Å²) in [5, 5.41) is 0. The van der Waals surface area contributed by atoms with Gasteiger partial charge in [-0.1, -0.05) is 13.8 Å². The number of rotatable bonds is 5. The zero-order chi connectivity index (χ0) is 13.1. The quantitative estimate of drug-likeness (QED) is 0.834. The highest BCUT2D eigenvalue weighted by molar-refractivity contribution is 7.89. The summed E-state index contributed by atoms with van der Waals surface area (Å²) in [6.07, 6.45) is 2.18. The molecule has 17 heavy (non-hydrogen) atoms. The Bertz CT molecular complexity index is 471. The highest BCUT2D eigenvalue weighted by atomic mass is 32.2. The Morgan fingerprint density at radius 3 is 2.59 bits per heavy atom. The van der Waals surface area contributed by atoms with Crippen molar-refractivity contribution < 1.29 is 8.42 Å². The maximum Gasteiger partial charge on any atom is 0.240 e. The molecule has 1 aromatic heterocycles. The third-order valence-electron chi connectivity index (χ3n) is 2.24. The molecule has 0 aliphatic rings. The van der Waals surface area contributed by atoms with Crippen LogP contribution in [0.1, 0.15) is 27.2 Å². The first-order chi connectivity index (χ1) is 7.81. The smallest absolute Gasteiger partial charge is 0.240 e. The van der Waals surface area contributed by atoms with Crippen molar-refractivity contribution in [1.29, 1.82) is 0 Å². The molecule has 0 saturated carbocycles. The van der Waals surface area contributed by atoms with Crippen LogP contribution in [-0.4, -0.2) is 19.4 Å². The Morgan fingerprint density at radius 1 is 1.41 bits per heavy atom. The molecular formula is C11H19N3O2S. The molecule has 3 N–H and O–H groups in total.